The fourth-order valence-corrected chi connectivity index (χ4v) is 1.17. The first-order valence-electron chi connectivity index (χ1n) is 5.09. The van der Waals surface area contributed by atoms with Crippen LogP contribution in [0.25, 0.3) is 0 Å². The normalized spacial score (nSPS) is 9.80. The highest BCUT2D eigenvalue weighted by molar-refractivity contribution is 5.89. The van der Waals surface area contributed by atoms with Crippen molar-refractivity contribution in [1.29, 1.82) is 0 Å². The summed E-state index contributed by atoms with van der Waals surface area (Å²) in [5.74, 6) is -0.248. The molecule has 0 atom stereocenters. The van der Waals surface area contributed by atoms with Gasteiger partial charge in [0.2, 0.25) is 0 Å². The largest absolute Gasteiger partial charge is 0.462 e. The number of rotatable bonds is 4. The van der Waals surface area contributed by atoms with E-state index in [-0.39, 0.29) is 5.97 Å². The molecule has 0 fully saturated rings. The number of hydrogen-bond acceptors (Lipinski definition) is 3. The lowest BCUT2D eigenvalue weighted by Crippen LogP contribution is -2.10. The number of anilines is 1. The molecule has 0 aliphatic rings. The standard InChI is InChI=1S/C12H17NO2/c1-4-9-15-12(14)10-5-7-11(8-6-10)13(2)3/h5-8H,4,9H2,1-3H3. The fraction of sp³-hybridized carbons (Fsp3) is 0.417. The SMILES string of the molecule is CCCOC(=O)c1ccc(N(C)C)cc1. The molecule has 0 heterocycles. The summed E-state index contributed by atoms with van der Waals surface area (Å²) in [7, 11) is 3.93. The molecule has 1 aromatic carbocycles. The number of ether oxygens (including phenoxy) is 1. The van der Waals surface area contributed by atoms with Gasteiger partial charge in [0.25, 0.3) is 0 Å². The molecule has 0 aromatic heterocycles. The number of nitrogens with zero attached hydrogens (tertiary/aromatic N) is 1. The lowest BCUT2D eigenvalue weighted by molar-refractivity contribution is 0.0505. The van der Waals surface area contributed by atoms with Crippen LogP contribution in [-0.4, -0.2) is 26.7 Å². The van der Waals surface area contributed by atoms with Crippen molar-refractivity contribution in [3.05, 3.63) is 29.8 Å². The van der Waals surface area contributed by atoms with Crippen LogP contribution in [0.15, 0.2) is 24.3 Å². The van der Waals surface area contributed by atoms with Crippen molar-refractivity contribution in [3.8, 4) is 0 Å². The molecule has 82 valence electrons. The van der Waals surface area contributed by atoms with E-state index in [0.717, 1.165) is 12.1 Å². The van der Waals surface area contributed by atoms with E-state index in [4.69, 9.17) is 4.74 Å². The minimum Gasteiger partial charge on any atom is -0.462 e. The maximum atomic E-state index is 11.4. The third-order valence-electron chi connectivity index (χ3n) is 2.06. The highest BCUT2D eigenvalue weighted by atomic mass is 16.5. The summed E-state index contributed by atoms with van der Waals surface area (Å²) >= 11 is 0. The number of carbonyl (C=O) groups is 1. The van der Waals surface area contributed by atoms with Gasteiger partial charge in [-0.1, -0.05) is 6.92 Å². The molecule has 1 aromatic rings. The molecule has 3 nitrogen and oxygen atoms in total. The van der Waals surface area contributed by atoms with Gasteiger partial charge in [0, 0.05) is 19.8 Å². The van der Waals surface area contributed by atoms with Gasteiger partial charge in [-0.15, -0.1) is 0 Å². The summed E-state index contributed by atoms with van der Waals surface area (Å²) in [4.78, 5) is 13.4. The highest BCUT2D eigenvalue weighted by Gasteiger charge is 2.06. The predicted molar refractivity (Wildman–Crippen MR) is 61.3 cm³/mol. The minimum atomic E-state index is -0.248. The van der Waals surface area contributed by atoms with Crippen molar-refractivity contribution in [2.45, 2.75) is 13.3 Å². The first-order chi connectivity index (χ1) is 7.15. The lowest BCUT2D eigenvalue weighted by Gasteiger charge is -2.12. The van der Waals surface area contributed by atoms with Crippen LogP contribution in [0.1, 0.15) is 23.7 Å². The number of benzene rings is 1. The van der Waals surface area contributed by atoms with Crippen molar-refractivity contribution in [2.24, 2.45) is 0 Å². The van der Waals surface area contributed by atoms with Crippen LogP contribution in [0.3, 0.4) is 0 Å². The summed E-state index contributed by atoms with van der Waals surface area (Å²) in [5.41, 5.74) is 1.68. The molecule has 0 saturated carbocycles. The highest BCUT2D eigenvalue weighted by Crippen LogP contribution is 2.12. The van der Waals surface area contributed by atoms with Crippen LogP contribution in [0.2, 0.25) is 0 Å². The van der Waals surface area contributed by atoms with E-state index >= 15 is 0 Å². The van der Waals surface area contributed by atoms with Crippen LogP contribution in [-0.2, 0) is 4.74 Å². The molecule has 0 bridgehead atoms. The van der Waals surface area contributed by atoms with E-state index in [1.807, 2.05) is 38.1 Å². The monoisotopic (exact) mass is 207 g/mol. The van der Waals surface area contributed by atoms with E-state index < -0.39 is 0 Å². The molecule has 0 spiro atoms. The molecule has 1 rings (SSSR count). The average molecular weight is 207 g/mol. The smallest absolute Gasteiger partial charge is 0.338 e. The van der Waals surface area contributed by atoms with E-state index in [9.17, 15) is 4.79 Å². The Morgan fingerprint density at radius 2 is 1.87 bits per heavy atom. The summed E-state index contributed by atoms with van der Waals surface area (Å²) < 4.78 is 5.03. The van der Waals surface area contributed by atoms with Gasteiger partial charge in [0.15, 0.2) is 0 Å². The summed E-state index contributed by atoms with van der Waals surface area (Å²) in [5, 5.41) is 0. The maximum Gasteiger partial charge on any atom is 0.338 e. The number of hydrogen-bond donors (Lipinski definition) is 0. The molecule has 0 amide bonds. The molecule has 0 unspecified atom stereocenters. The van der Waals surface area contributed by atoms with Gasteiger partial charge in [-0.25, -0.2) is 4.79 Å². The van der Waals surface area contributed by atoms with Gasteiger partial charge >= 0.3 is 5.97 Å². The third-order valence-corrected chi connectivity index (χ3v) is 2.06. The molecule has 0 aliphatic heterocycles. The van der Waals surface area contributed by atoms with Gasteiger partial charge in [-0.2, -0.15) is 0 Å². The molecule has 0 saturated heterocycles. The molecule has 0 aliphatic carbocycles. The molecular formula is C12H17NO2. The lowest BCUT2D eigenvalue weighted by atomic mass is 10.2. The van der Waals surface area contributed by atoms with E-state index in [1.165, 1.54) is 0 Å². The van der Waals surface area contributed by atoms with E-state index in [1.54, 1.807) is 12.1 Å². The van der Waals surface area contributed by atoms with E-state index in [2.05, 4.69) is 0 Å². The Hall–Kier alpha value is -1.51. The first-order valence-corrected chi connectivity index (χ1v) is 5.09. The zero-order valence-electron chi connectivity index (χ0n) is 9.49. The van der Waals surface area contributed by atoms with Crippen LogP contribution in [0.4, 0.5) is 5.69 Å². The van der Waals surface area contributed by atoms with Crippen molar-refractivity contribution >= 4 is 11.7 Å². The Balaban J connectivity index is 2.67. The summed E-state index contributed by atoms with van der Waals surface area (Å²) in [6.07, 6.45) is 0.849. The van der Waals surface area contributed by atoms with Crippen molar-refractivity contribution < 1.29 is 9.53 Å². The Labute approximate surface area is 90.7 Å². The Bertz CT molecular complexity index is 317. The van der Waals surface area contributed by atoms with Crippen LogP contribution in [0, 0.1) is 0 Å². The Morgan fingerprint density at radius 1 is 1.27 bits per heavy atom. The molecule has 3 heteroatoms. The van der Waals surface area contributed by atoms with Gasteiger partial charge in [-0.05, 0) is 30.7 Å². The molecule has 15 heavy (non-hydrogen) atoms. The quantitative estimate of drug-likeness (QED) is 0.710. The van der Waals surface area contributed by atoms with Crippen molar-refractivity contribution in [1.82, 2.24) is 0 Å². The maximum absolute atomic E-state index is 11.4. The first kappa shape index (κ1) is 11.6. The zero-order chi connectivity index (χ0) is 11.3. The molecule has 0 N–H and O–H groups in total. The van der Waals surface area contributed by atoms with Crippen molar-refractivity contribution in [3.63, 3.8) is 0 Å². The van der Waals surface area contributed by atoms with Gasteiger partial charge in [0.05, 0.1) is 12.2 Å². The Morgan fingerprint density at radius 3 is 2.33 bits per heavy atom. The second-order valence-electron chi connectivity index (χ2n) is 3.58. The predicted octanol–water partition coefficient (Wildman–Crippen LogP) is 2.32. The Kier molecular flexibility index (Phi) is 4.16. The zero-order valence-corrected chi connectivity index (χ0v) is 9.49. The summed E-state index contributed by atoms with van der Waals surface area (Å²) in [6, 6.07) is 7.38. The van der Waals surface area contributed by atoms with Crippen LogP contribution < -0.4 is 4.90 Å². The third kappa shape index (κ3) is 3.27. The minimum absolute atomic E-state index is 0.248. The fourth-order valence-electron chi connectivity index (χ4n) is 1.17. The van der Waals surface area contributed by atoms with Crippen LogP contribution in [0.5, 0.6) is 0 Å². The van der Waals surface area contributed by atoms with Gasteiger partial charge < -0.3 is 9.64 Å². The number of carbonyl (C=O) groups excluding carboxylic acids is 1. The van der Waals surface area contributed by atoms with Crippen LogP contribution >= 0.6 is 0 Å². The molecule has 0 radical (unpaired) electrons. The van der Waals surface area contributed by atoms with Gasteiger partial charge in [-0.3, -0.25) is 0 Å². The molecular weight excluding hydrogens is 190 g/mol. The second kappa shape index (κ2) is 5.39. The topological polar surface area (TPSA) is 29.5 Å². The van der Waals surface area contributed by atoms with Gasteiger partial charge in [0.1, 0.15) is 0 Å². The summed E-state index contributed by atoms with van der Waals surface area (Å²) in [6.45, 7) is 2.46. The average Bonchev–Trinajstić information content (AvgIpc) is 2.26. The number of esters is 1. The second-order valence-corrected chi connectivity index (χ2v) is 3.58. The van der Waals surface area contributed by atoms with E-state index in [0.29, 0.717) is 12.2 Å². The van der Waals surface area contributed by atoms with Crippen molar-refractivity contribution in [2.75, 3.05) is 25.6 Å².